The number of hydrogen-bond acceptors (Lipinski definition) is 2. The molecule has 0 N–H and O–H groups in total. The zero-order valence-corrected chi connectivity index (χ0v) is 13.3. The van der Waals surface area contributed by atoms with Crippen LogP contribution in [-0.2, 0) is 9.53 Å². The second kappa shape index (κ2) is 8.78. The average Bonchev–Trinajstić information content (AvgIpc) is 2.47. The molecule has 0 aliphatic rings. The Bertz CT molecular complexity index is 412. The van der Waals surface area contributed by atoms with E-state index in [1.165, 1.54) is 12.8 Å². The highest BCUT2D eigenvalue weighted by molar-refractivity contribution is 5.78. The molecule has 0 amide bonds. The van der Waals surface area contributed by atoms with E-state index < -0.39 is 0 Å². The van der Waals surface area contributed by atoms with Crippen molar-refractivity contribution in [2.75, 3.05) is 6.61 Å². The molecule has 2 heteroatoms. The van der Waals surface area contributed by atoms with E-state index >= 15 is 0 Å². The van der Waals surface area contributed by atoms with Crippen molar-refractivity contribution in [1.82, 2.24) is 0 Å². The Balaban J connectivity index is 2.52. The van der Waals surface area contributed by atoms with Crippen molar-refractivity contribution in [2.24, 2.45) is 5.92 Å². The lowest BCUT2D eigenvalue weighted by molar-refractivity contribution is -0.146. The van der Waals surface area contributed by atoms with Crippen molar-refractivity contribution >= 4 is 5.97 Å². The second-order valence-electron chi connectivity index (χ2n) is 5.62. The minimum absolute atomic E-state index is 0.103. The van der Waals surface area contributed by atoms with Crippen molar-refractivity contribution < 1.29 is 9.53 Å². The lowest BCUT2D eigenvalue weighted by atomic mass is 9.96. The van der Waals surface area contributed by atoms with Crippen LogP contribution in [-0.4, -0.2) is 12.6 Å². The number of carbonyl (C=O) groups excluding carboxylic acids is 1. The smallest absolute Gasteiger partial charge is 0.313 e. The largest absolute Gasteiger partial charge is 0.465 e. The Hall–Kier alpha value is -1.31. The number of hydrogen-bond donors (Lipinski definition) is 0. The topological polar surface area (TPSA) is 26.3 Å². The molecule has 0 heterocycles. The minimum Gasteiger partial charge on any atom is -0.465 e. The lowest BCUT2D eigenvalue weighted by Gasteiger charge is -2.18. The van der Waals surface area contributed by atoms with Crippen LogP contribution in [0, 0.1) is 12.8 Å². The first-order chi connectivity index (χ1) is 9.60. The molecule has 0 aliphatic heterocycles. The number of benzene rings is 1. The third-order valence-corrected chi connectivity index (χ3v) is 4.01. The van der Waals surface area contributed by atoms with Gasteiger partial charge in [-0.2, -0.15) is 0 Å². The Labute approximate surface area is 123 Å². The van der Waals surface area contributed by atoms with Crippen LogP contribution in [0.15, 0.2) is 24.3 Å². The predicted molar refractivity (Wildman–Crippen MR) is 83.9 cm³/mol. The summed E-state index contributed by atoms with van der Waals surface area (Å²) in [6, 6.07) is 8.02. The highest BCUT2D eigenvalue weighted by Gasteiger charge is 2.19. The van der Waals surface area contributed by atoms with E-state index in [4.69, 9.17) is 4.74 Å². The highest BCUT2D eigenvalue weighted by atomic mass is 16.5. The summed E-state index contributed by atoms with van der Waals surface area (Å²) in [5.74, 6) is 0.220. The maximum Gasteiger partial charge on any atom is 0.313 e. The summed E-state index contributed by atoms with van der Waals surface area (Å²) in [5.41, 5.74) is 2.22. The van der Waals surface area contributed by atoms with Gasteiger partial charge in [0.15, 0.2) is 0 Å². The molecule has 1 aromatic carbocycles. The van der Waals surface area contributed by atoms with Crippen LogP contribution in [0.1, 0.15) is 63.5 Å². The van der Waals surface area contributed by atoms with Gasteiger partial charge in [-0.1, -0.05) is 57.4 Å². The fourth-order valence-electron chi connectivity index (χ4n) is 2.42. The van der Waals surface area contributed by atoms with Gasteiger partial charge in [-0.25, -0.2) is 0 Å². The first-order valence-electron chi connectivity index (χ1n) is 7.82. The van der Waals surface area contributed by atoms with Crippen LogP contribution >= 0.6 is 0 Å². The molecular weight excluding hydrogens is 248 g/mol. The Kier molecular flexibility index (Phi) is 7.35. The van der Waals surface area contributed by atoms with Gasteiger partial charge in [-0.15, -0.1) is 0 Å². The number of ether oxygens (including phenoxy) is 1. The Morgan fingerprint density at radius 3 is 2.55 bits per heavy atom. The van der Waals surface area contributed by atoms with Gasteiger partial charge in [-0.3, -0.25) is 4.79 Å². The first-order valence-corrected chi connectivity index (χ1v) is 7.82. The molecule has 2 atom stereocenters. The SMILES string of the molecule is CCCCC(CC)COC(=O)C(C)c1ccccc1C. The number of unbranched alkanes of at least 4 members (excludes halogenated alkanes) is 1. The molecule has 2 unspecified atom stereocenters. The summed E-state index contributed by atoms with van der Waals surface area (Å²) >= 11 is 0. The number of carbonyl (C=O) groups is 1. The third-order valence-electron chi connectivity index (χ3n) is 4.01. The lowest BCUT2D eigenvalue weighted by Crippen LogP contribution is -2.18. The van der Waals surface area contributed by atoms with Crippen LogP contribution in [0.2, 0.25) is 0 Å². The van der Waals surface area contributed by atoms with Crippen LogP contribution in [0.4, 0.5) is 0 Å². The number of aryl methyl sites for hydroxylation is 1. The minimum atomic E-state index is -0.181. The van der Waals surface area contributed by atoms with Gasteiger partial charge in [0.25, 0.3) is 0 Å². The third kappa shape index (κ3) is 4.99. The van der Waals surface area contributed by atoms with Gasteiger partial charge in [0.2, 0.25) is 0 Å². The number of rotatable bonds is 8. The highest BCUT2D eigenvalue weighted by Crippen LogP contribution is 2.21. The predicted octanol–water partition coefficient (Wildman–Crippen LogP) is 4.86. The molecule has 112 valence electrons. The van der Waals surface area contributed by atoms with E-state index in [2.05, 4.69) is 13.8 Å². The van der Waals surface area contributed by atoms with Crippen LogP contribution in [0.5, 0.6) is 0 Å². The molecule has 0 spiro atoms. The Morgan fingerprint density at radius 2 is 1.95 bits per heavy atom. The average molecular weight is 276 g/mol. The van der Waals surface area contributed by atoms with Crippen molar-refractivity contribution in [1.29, 1.82) is 0 Å². The second-order valence-corrected chi connectivity index (χ2v) is 5.62. The quantitative estimate of drug-likeness (QED) is 0.634. The molecule has 20 heavy (non-hydrogen) atoms. The fourth-order valence-corrected chi connectivity index (χ4v) is 2.42. The first kappa shape index (κ1) is 16.7. The van der Waals surface area contributed by atoms with Gasteiger partial charge in [0.1, 0.15) is 0 Å². The fraction of sp³-hybridized carbons (Fsp3) is 0.611. The normalized spacial score (nSPS) is 13.8. The van der Waals surface area contributed by atoms with E-state index in [0.717, 1.165) is 24.0 Å². The molecule has 0 saturated carbocycles. The van der Waals surface area contributed by atoms with Crippen LogP contribution in [0.3, 0.4) is 0 Å². The molecule has 0 radical (unpaired) electrons. The molecule has 0 bridgehead atoms. The van der Waals surface area contributed by atoms with E-state index in [1.54, 1.807) is 0 Å². The van der Waals surface area contributed by atoms with Crippen molar-refractivity contribution in [3.8, 4) is 0 Å². The molecule has 0 aliphatic carbocycles. The van der Waals surface area contributed by atoms with Crippen molar-refractivity contribution in [3.63, 3.8) is 0 Å². The molecule has 1 aromatic rings. The summed E-state index contributed by atoms with van der Waals surface area (Å²) in [6.07, 6.45) is 4.64. The van der Waals surface area contributed by atoms with E-state index in [1.807, 2.05) is 38.1 Å². The summed E-state index contributed by atoms with van der Waals surface area (Å²) < 4.78 is 5.52. The summed E-state index contributed by atoms with van der Waals surface area (Å²) in [6.45, 7) is 8.89. The van der Waals surface area contributed by atoms with Gasteiger partial charge in [0.05, 0.1) is 12.5 Å². The summed E-state index contributed by atoms with van der Waals surface area (Å²) in [5, 5.41) is 0. The van der Waals surface area contributed by atoms with Crippen LogP contribution < -0.4 is 0 Å². The molecular formula is C18H28O2. The van der Waals surface area contributed by atoms with Gasteiger partial charge >= 0.3 is 5.97 Å². The molecule has 0 aromatic heterocycles. The molecule has 2 nitrogen and oxygen atoms in total. The monoisotopic (exact) mass is 276 g/mol. The maximum atomic E-state index is 12.2. The molecule has 0 fully saturated rings. The standard InChI is InChI=1S/C18H28O2/c1-5-7-11-16(6-2)13-20-18(19)15(4)17-12-9-8-10-14(17)3/h8-10,12,15-16H,5-7,11,13H2,1-4H3. The van der Waals surface area contributed by atoms with E-state index in [0.29, 0.717) is 12.5 Å². The van der Waals surface area contributed by atoms with Crippen molar-refractivity contribution in [3.05, 3.63) is 35.4 Å². The summed E-state index contributed by atoms with van der Waals surface area (Å²) in [4.78, 5) is 12.2. The molecule has 0 saturated heterocycles. The van der Waals surface area contributed by atoms with Gasteiger partial charge in [0, 0.05) is 0 Å². The van der Waals surface area contributed by atoms with Gasteiger partial charge < -0.3 is 4.74 Å². The van der Waals surface area contributed by atoms with Crippen molar-refractivity contribution in [2.45, 2.75) is 59.3 Å². The zero-order chi connectivity index (χ0) is 15.0. The maximum absolute atomic E-state index is 12.2. The molecule has 1 rings (SSSR count). The Morgan fingerprint density at radius 1 is 1.25 bits per heavy atom. The zero-order valence-electron chi connectivity index (χ0n) is 13.3. The number of esters is 1. The van der Waals surface area contributed by atoms with E-state index in [9.17, 15) is 4.79 Å². The summed E-state index contributed by atoms with van der Waals surface area (Å²) in [7, 11) is 0. The van der Waals surface area contributed by atoms with Crippen LogP contribution in [0.25, 0.3) is 0 Å². The van der Waals surface area contributed by atoms with Gasteiger partial charge in [-0.05, 0) is 37.3 Å². The van der Waals surface area contributed by atoms with E-state index in [-0.39, 0.29) is 11.9 Å².